The van der Waals surface area contributed by atoms with Gasteiger partial charge in [0.15, 0.2) is 0 Å². The maximum absolute atomic E-state index is 12.6. The van der Waals surface area contributed by atoms with Crippen molar-refractivity contribution in [1.29, 1.82) is 0 Å². The van der Waals surface area contributed by atoms with Crippen LogP contribution in [-0.2, 0) is 14.3 Å². The molecule has 1 amide bonds. The molecular formula is C17H21NO4. The van der Waals surface area contributed by atoms with Gasteiger partial charge < -0.3 is 14.4 Å². The monoisotopic (exact) mass is 303 g/mol. The summed E-state index contributed by atoms with van der Waals surface area (Å²) in [6, 6.07) is 7.56. The Morgan fingerprint density at radius 3 is 2.77 bits per heavy atom. The Bertz CT molecular complexity index is 580. The molecule has 0 saturated heterocycles. The summed E-state index contributed by atoms with van der Waals surface area (Å²) in [5.41, 5.74) is 1.43. The molecule has 1 aliphatic heterocycles. The second-order valence-electron chi connectivity index (χ2n) is 5.03. The van der Waals surface area contributed by atoms with Gasteiger partial charge in [-0.2, -0.15) is 0 Å². The lowest BCUT2D eigenvalue weighted by molar-refractivity contribution is -0.148. The van der Waals surface area contributed by atoms with Crippen LogP contribution in [0.25, 0.3) is 6.08 Å². The van der Waals surface area contributed by atoms with Crippen molar-refractivity contribution in [2.45, 2.75) is 20.3 Å². The number of carbonyl (C=O) groups excluding carboxylic acids is 2. The van der Waals surface area contributed by atoms with Crippen LogP contribution in [0.15, 0.2) is 29.8 Å². The molecule has 0 aromatic heterocycles. The van der Waals surface area contributed by atoms with Crippen molar-refractivity contribution < 1.29 is 19.1 Å². The van der Waals surface area contributed by atoms with Crippen molar-refractivity contribution in [3.05, 3.63) is 35.4 Å². The third-order valence-electron chi connectivity index (χ3n) is 3.31. The Morgan fingerprint density at radius 2 is 2.05 bits per heavy atom. The Labute approximate surface area is 130 Å². The lowest BCUT2D eigenvalue weighted by Crippen LogP contribution is -2.39. The Morgan fingerprint density at radius 1 is 1.27 bits per heavy atom. The van der Waals surface area contributed by atoms with E-state index in [1.807, 2.05) is 37.3 Å². The molecule has 0 bridgehead atoms. The van der Waals surface area contributed by atoms with Gasteiger partial charge in [0.2, 0.25) is 0 Å². The summed E-state index contributed by atoms with van der Waals surface area (Å²) in [6.45, 7) is 4.73. The quantitative estimate of drug-likeness (QED) is 0.757. The fraction of sp³-hybridized carbons (Fsp3) is 0.412. The Balaban J connectivity index is 2.14. The van der Waals surface area contributed by atoms with Gasteiger partial charge in [-0.1, -0.05) is 25.1 Å². The molecule has 22 heavy (non-hydrogen) atoms. The predicted molar refractivity (Wildman–Crippen MR) is 83.4 cm³/mol. The van der Waals surface area contributed by atoms with Gasteiger partial charge in [0, 0.05) is 12.1 Å². The zero-order valence-electron chi connectivity index (χ0n) is 13.0. The van der Waals surface area contributed by atoms with Crippen LogP contribution in [0.4, 0.5) is 0 Å². The average Bonchev–Trinajstić information content (AvgIpc) is 2.53. The molecule has 0 saturated carbocycles. The summed E-state index contributed by atoms with van der Waals surface area (Å²) in [4.78, 5) is 25.8. The van der Waals surface area contributed by atoms with E-state index in [9.17, 15) is 9.59 Å². The number of benzene rings is 1. The number of carbonyl (C=O) groups is 2. The van der Waals surface area contributed by atoms with Gasteiger partial charge in [0.1, 0.15) is 18.9 Å². The van der Waals surface area contributed by atoms with Crippen molar-refractivity contribution in [3.8, 4) is 5.75 Å². The second-order valence-corrected chi connectivity index (χ2v) is 5.03. The summed E-state index contributed by atoms with van der Waals surface area (Å²) in [5, 5.41) is 0. The fourth-order valence-corrected chi connectivity index (χ4v) is 2.33. The first-order valence-corrected chi connectivity index (χ1v) is 7.53. The Kier molecular flexibility index (Phi) is 5.58. The minimum Gasteiger partial charge on any atom is -0.488 e. The van der Waals surface area contributed by atoms with Crippen LogP contribution in [0.3, 0.4) is 0 Å². The van der Waals surface area contributed by atoms with E-state index < -0.39 is 0 Å². The molecule has 0 radical (unpaired) electrons. The number of rotatable bonds is 6. The lowest BCUT2D eigenvalue weighted by Gasteiger charge is -2.24. The topological polar surface area (TPSA) is 55.8 Å². The SMILES string of the molecule is CCCN(CC(=O)OCC)C(=O)C1=Cc2ccccc2OC1. The third kappa shape index (κ3) is 3.87. The molecule has 1 aromatic carbocycles. The molecule has 0 aliphatic carbocycles. The molecule has 5 heteroatoms. The zero-order chi connectivity index (χ0) is 15.9. The maximum atomic E-state index is 12.6. The number of fused-ring (bicyclic) bond motifs is 1. The van der Waals surface area contributed by atoms with Gasteiger partial charge in [0.25, 0.3) is 5.91 Å². The van der Waals surface area contributed by atoms with Crippen molar-refractivity contribution in [3.63, 3.8) is 0 Å². The third-order valence-corrected chi connectivity index (χ3v) is 3.31. The van der Waals surface area contributed by atoms with E-state index >= 15 is 0 Å². The van der Waals surface area contributed by atoms with E-state index in [1.165, 1.54) is 4.90 Å². The van der Waals surface area contributed by atoms with Gasteiger partial charge in [-0.05, 0) is 25.5 Å². The normalized spacial score (nSPS) is 12.7. The van der Waals surface area contributed by atoms with Gasteiger partial charge in [-0.15, -0.1) is 0 Å². The van der Waals surface area contributed by atoms with Gasteiger partial charge in [0.05, 0.1) is 12.2 Å². The first-order chi connectivity index (χ1) is 10.7. The zero-order valence-corrected chi connectivity index (χ0v) is 13.0. The number of amides is 1. The highest BCUT2D eigenvalue weighted by atomic mass is 16.5. The molecule has 0 atom stereocenters. The number of para-hydroxylation sites is 1. The van der Waals surface area contributed by atoms with Crippen LogP contribution in [0.5, 0.6) is 5.75 Å². The molecule has 1 aliphatic rings. The highest BCUT2D eigenvalue weighted by molar-refractivity contribution is 6.00. The number of hydrogen-bond donors (Lipinski definition) is 0. The highest BCUT2D eigenvalue weighted by Crippen LogP contribution is 2.26. The first-order valence-electron chi connectivity index (χ1n) is 7.53. The number of nitrogens with zero attached hydrogens (tertiary/aromatic N) is 1. The van der Waals surface area contributed by atoms with Crippen LogP contribution in [0.2, 0.25) is 0 Å². The predicted octanol–water partition coefficient (Wildman–Crippen LogP) is 2.26. The number of esters is 1. The minimum atomic E-state index is -0.387. The number of hydrogen-bond acceptors (Lipinski definition) is 4. The molecule has 2 rings (SSSR count). The van der Waals surface area contributed by atoms with Gasteiger partial charge in [-0.3, -0.25) is 9.59 Å². The standard InChI is InChI=1S/C17H21NO4/c1-3-9-18(11-16(19)21-4-2)17(20)14-10-13-7-5-6-8-15(13)22-12-14/h5-8,10H,3-4,9,11-12H2,1-2H3. The molecule has 1 aromatic rings. The second kappa shape index (κ2) is 7.64. The van der Waals surface area contributed by atoms with E-state index in [2.05, 4.69) is 0 Å². The van der Waals surface area contributed by atoms with Crippen LogP contribution < -0.4 is 4.74 Å². The van der Waals surface area contributed by atoms with Crippen molar-refractivity contribution >= 4 is 18.0 Å². The molecule has 5 nitrogen and oxygen atoms in total. The van der Waals surface area contributed by atoms with E-state index in [0.29, 0.717) is 18.7 Å². The summed E-state index contributed by atoms with van der Waals surface area (Å²) < 4.78 is 10.5. The Hall–Kier alpha value is -2.30. The van der Waals surface area contributed by atoms with Crippen molar-refractivity contribution in [1.82, 2.24) is 4.90 Å². The molecule has 0 spiro atoms. The summed E-state index contributed by atoms with van der Waals surface area (Å²) in [6.07, 6.45) is 2.60. The molecule has 118 valence electrons. The highest BCUT2D eigenvalue weighted by Gasteiger charge is 2.23. The van der Waals surface area contributed by atoms with Crippen LogP contribution in [-0.4, -0.2) is 43.1 Å². The molecular weight excluding hydrogens is 282 g/mol. The molecule has 0 unspecified atom stereocenters. The molecule has 1 heterocycles. The summed E-state index contributed by atoms with van der Waals surface area (Å²) >= 11 is 0. The smallest absolute Gasteiger partial charge is 0.325 e. The summed E-state index contributed by atoms with van der Waals surface area (Å²) in [7, 11) is 0. The van der Waals surface area contributed by atoms with Gasteiger partial charge >= 0.3 is 5.97 Å². The minimum absolute atomic E-state index is 0.0283. The first kappa shape index (κ1) is 16.1. The molecule has 0 N–H and O–H groups in total. The van der Waals surface area contributed by atoms with E-state index in [1.54, 1.807) is 6.92 Å². The van der Waals surface area contributed by atoms with E-state index in [0.717, 1.165) is 17.7 Å². The van der Waals surface area contributed by atoms with E-state index in [-0.39, 0.29) is 25.0 Å². The van der Waals surface area contributed by atoms with Gasteiger partial charge in [-0.25, -0.2) is 0 Å². The van der Waals surface area contributed by atoms with E-state index in [4.69, 9.17) is 9.47 Å². The van der Waals surface area contributed by atoms with Crippen LogP contribution in [0.1, 0.15) is 25.8 Å². The molecule has 0 fully saturated rings. The summed E-state index contributed by atoms with van der Waals surface area (Å²) in [5.74, 6) is 0.206. The largest absolute Gasteiger partial charge is 0.488 e. The number of ether oxygens (including phenoxy) is 2. The van der Waals surface area contributed by atoms with Crippen LogP contribution in [0, 0.1) is 0 Å². The lowest BCUT2D eigenvalue weighted by atomic mass is 10.1. The van der Waals surface area contributed by atoms with Crippen LogP contribution >= 0.6 is 0 Å². The fourth-order valence-electron chi connectivity index (χ4n) is 2.33. The maximum Gasteiger partial charge on any atom is 0.325 e. The average molecular weight is 303 g/mol. The van der Waals surface area contributed by atoms with Crippen molar-refractivity contribution in [2.24, 2.45) is 0 Å². The van der Waals surface area contributed by atoms with Crippen molar-refractivity contribution in [2.75, 3.05) is 26.3 Å².